The Morgan fingerprint density at radius 1 is 1.50 bits per heavy atom. The van der Waals surface area contributed by atoms with Crippen molar-refractivity contribution in [2.24, 2.45) is 11.7 Å². The Morgan fingerprint density at radius 2 is 2.33 bits per heavy atom. The molecule has 0 amide bonds. The van der Waals surface area contributed by atoms with Crippen molar-refractivity contribution in [1.82, 2.24) is 0 Å². The maximum Gasteiger partial charge on any atom is 0.0994 e. The van der Waals surface area contributed by atoms with Crippen molar-refractivity contribution in [3.63, 3.8) is 0 Å². The lowest BCUT2D eigenvalue weighted by Gasteiger charge is -2.34. The summed E-state index contributed by atoms with van der Waals surface area (Å²) in [5.41, 5.74) is 8.73. The summed E-state index contributed by atoms with van der Waals surface area (Å²) in [6.45, 7) is 5.00. The molecular weight excluding hydrogens is 222 g/mol. The van der Waals surface area contributed by atoms with Gasteiger partial charge in [0.05, 0.1) is 11.6 Å². The number of hydrogen-bond donors (Lipinski definition) is 1. The Bertz CT molecular complexity index is 446. The molecule has 1 fully saturated rings. The van der Waals surface area contributed by atoms with Crippen LogP contribution in [-0.2, 0) is 0 Å². The molecule has 2 N–H and O–H groups in total. The first-order valence-corrected chi connectivity index (χ1v) is 6.70. The monoisotopic (exact) mass is 243 g/mol. The lowest BCUT2D eigenvalue weighted by Crippen LogP contribution is -2.36. The fourth-order valence-corrected chi connectivity index (χ4v) is 2.74. The molecule has 1 atom stereocenters. The molecule has 0 aromatic heterocycles. The third-order valence-electron chi connectivity index (χ3n) is 3.79. The van der Waals surface area contributed by atoms with Gasteiger partial charge in [-0.2, -0.15) is 5.26 Å². The Morgan fingerprint density at radius 3 is 3.00 bits per heavy atom. The highest BCUT2D eigenvalue weighted by atomic mass is 15.1. The van der Waals surface area contributed by atoms with Crippen LogP contribution in [0.4, 0.5) is 5.69 Å². The van der Waals surface area contributed by atoms with Gasteiger partial charge in [0.2, 0.25) is 0 Å². The first-order valence-electron chi connectivity index (χ1n) is 6.70. The molecule has 1 aromatic rings. The van der Waals surface area contributed by atoms with E-state index in [1.165, 1.54) is 18.5 Å². The third-order valence-corrected chi connectivity index (χ3v) is 3.79. The van der Waals surface area contributed by atoms with E-state index in [4.69, 9.17) is 11.0 Å². The van der Waals surface area contributed by atoms with Crippen LogP contribution < -0.4 is 10.6 Å². The molecule has 18 heavy (non-hydrogen) atoms. The summed E-state index contributed by atoms with van der Waals surface area (Å²) in [7, 11) is 0. The Hall–Kier alpha value is -1.53. The quantitative estimate of drug-likeness (QED) is 0.887. The lowest BCUT2D eigenvalue weighted by atomic mass is 9.94. The largest absolute Gasteiger partial charge is 0.371 e. The Balaban J connectivity index is 2.11. The second-order valence-corrected chi connectivity index (χ2v) is 5.14. The summed E-state index contributed by atoms with van der Waals surface area (Å²) < 4.78 is 0. The van der Waals surface area contributed by atoms with Crippen LogP contribution in [0.25, 0.3) is 0 Å². The zero-order valence-corrected chi connectivity index (χ0v) is 11.0. The number of anilines is 1. The van der Waals surface area contributed by atoms with Gasteiger partial charge in [0.15, 0.2) is 0 Å². The molecule has 3 heteroatoms. The number of hydrogen-bond acceptors (Lipinski definition) is 3. The highest BCUT2D eigenvalue weighted by Crippen LogP contribution is 2.26. The van der Waals surface area contributed by atoms with Crippen molar-refractivity contribution < 1.29 is 0 Å². The first-order chi connectivity index (χ1) is 8.74. The maximum atomic E-state index is 8.95. The summed E-state index contributed by atoms with van der Waals surface area (Å²) in [6, 6.07) is 8.34. The van der Waals surface area contributed by atoms with Crippen LogP contribution in [0.5, 0.6) is 0 Å². The van der Waals surface area contributed by atoms with E-state index >= 15 is 0 Å². The number of rotatable bonds is 3. The molecule has 1 aliphatic rings. The topological polar surface area (TPSA) is 53.0 Å². The van der Waals surface area contributed by atoms with Crippen molar-refractivity contribution >= 4 is 5.69 Å². The van der Waals surface area contributed by atoms with Crippen LogP contribution in [-0.4, -0.2) is 19.6 Å². The smallest absolute Gasteiger partial charge is 0.0994 e. The van der Waals surface area contributed by atoms with Gasteiger partial charge in [0.25, 0.3) is 0 Å². The number of benzene rings is 1. The summed E-state index contributed by atoms with van der Waals surface area (Å²) in [5.74, 6) is 0.722. The van der Waals surface area contributed by atoms with E-state index in [9.17, 15) is 0 Å². The molecule has 0 spiro atoms. The van der Waals surface area contributed by atoms with Gasteiger partial charge in [0, 0.05) is 18.8 Å². The summed E-state index contributed by atoms with van der Waals surface area (Å²) >= 11 is 0. The average Bonchev–Trinajstić information content (AvgIpc) is 2.39. The van der Waals surface area contributed by atoms with Gasteiger partial charge in [-0.1, -0.05) is 0 Å². The summed E-state index contributed by atoms with van der Waals surface area (Å²) in [5, 5.41) is 8.95. The number of aryl methyl sites for hydroxylation is 1. The Kier molecular flexibility index (Phi) is 4.22. The van der Waals surface area contributed by atoms with E-state index in [0.717, 1.165) is 43.1 Å². The summed E-state index contributed by atoms with van der Waals surface area (Å²) in [4.78, 5) is 2.43. The molecule has 1 aromatic carbocycles. The lowest BCUT2D eigenvalue weighted by molar-refractivity contribution is 0.396. The molecule has 1 unspecified atom stereocenters. The van der Waals surface area contributed by atoms with E-state index in [2.05, 4.69) is 23.1 Å². The fourth-order valence-electron chi connectivity index (χ4n) is 2.74. The second kappa shape index (κ2) is 5.88. The third kappa shape index (κ3) is 2.83. The number of nitrogens with zero attached hydrogens (tertiary/aromatic N) is 2. The Labute approximate surface area is 109 Å². The second-order valence-electron chi connectivity index (χ2n) is 5.14. The van der Waals surface area contributed by atoms with Crippen molar-refractivity contribution in [1.29, 1.82) is 5.26 Å². The van der Waals surface area contributed by atoms with Gasteiger partial charge in [0.1, 0.15) is 0 Å². The average molecular weight is 243 g/mol. The van der Waals surface area contributed by atoms with Crippen LogP contribution in [0.3, 0.4) is 0 Å². The SMILES string of the molecule is Cc1cc(N2CCCC(CCN)C2)ccc1C#N. The zero-order chi connectivity index (χ0) is 13.0. The molecule has 0 saturated carbocycles. The van der Waals surface area contributed by atoms with Crippen LogP contribution >= 0.6 is 0 Å². The molecule has 0 bridgehead atoms. The predicted molar refractivity (Wildman–Crippen MR) is 74.5 cm³/mol. The molecule has 0 aliphatic carbocycles. The van der Waals surface area contributed by atoms with E-state index in [1.54, 1.807) is 0 Å². The van der Waals surface area contributed by atoms with Crippen LogP contribution in [0.1, 0.15) is 30.4 Å². The van der Waals surface area contributed by atoms with Gasteiger partial charge in [-0.25, -0.2) is 0 Å². The normalized spacial score (nSPS) is 19.6. The molecule has 1 aliphatic heterocycles. The van der Waals surface area contributed by atoms with E-state index in [1.807, 2.05) is 13.0 Å². The molecule has 1 heterocycles. The standard InChI is InChI=1S/C15H21N3/c1-12-9-15(5-4-14(12)10-17)18-8-2-3-13(11-18)6-7-16/h4-5,9,13H,2-3,6-8,11,16H2,1H3. The molecule has 0 radical (unpaired) electrons. The minimum absolute atomic E-state index is 0.722. The molecular formula is C15H21N3. The number of nitriles is 1. The number of piperidine rings is 1. The molecule has 2 rings (SSSR count). The minimum Gasteiger partial charge on any atom is -0.371 e. The van der Waals surface area contributed by atoms with Gasteiger partial charge < -0.3 is 10.6 Å². The minimum atomic E-state index is 0.722. The van der Waals surface area contributed by atoms with Crippen molar-refractivity contribution in [2.75, 3.05) is 24.5 Å². The van der Waals surface area contributed by atoms with Gasteiger partial charge in [-0.3, -0.25) is 0 Å². The molecule has 1 saturated heterocycles. The van der Waals surface area contributed by atoms with Crippen LogP contribution in [0.2, 0.25) is 0 Å². The molecule has 96 valence electrons. The van der Waals surface area contributed by atoms with Gasteiger partial charge in [-0.05, 0) is 62.4 Å². The van der Waals surface area contributed by atoms with E-state index in [0.29, 0.717) is 0 Å². The van der Waals surface area contributed by atoms with Gasteiger partial charge in [-0.15, -0.1) is 0 Å². The van der Waals surface area contributed by atoms with Gasteiger partial charge >= 0.3 is 0 Å². The van der Waals surface area contributed by atoms with Crippen LogP contribution in [0.15, 0.2) is 18.2 Å². The number of nitrogens with two attached hydrogens (primary N) is 1. The highest BCUT2D eigenvalue weighted by molar-refractivity contribution is 5.53. The first kappa shape index (κ1) is 12.9. The van der Waals surface area contributed by atoms with E-state index < -0.39 is 0 Å². The molecule has 3 nitrogen and oxygen atoms in total. The van der Waals surface area contributed by atoms with Crippen molar-refractivity contribution in [3.05, 3.63) is 29.3 Å². The predicted octanol–water partition coefficient (Wildman–Crippen LogP) is 2.43. The maximum absolute atomic E-state index is 8.95. The fraction of sp³-hybridized carbons (Fsp3) is 0.533. The zero-order valence-electron chi connectivity index (χ0n) is 11.0. The van der Waals surface area contributed by atoms with Crippen LogP contribution in [0, 0.1) is 24.2 Å². The van der Waals surface area contributed by atoms with E-state index in [-0.39, 0.29) is 0 Å². The van der Waals surface area contributed by atoms with Crippen molar-refractivity contribution in [3.8, 4) is 6.07 Å². The van der Waals surface area contributed by atoms with Crippen molar-refractivity contribution in [2.45, 2.75) is 26.2 Å². The highest BCUT2D eigenvalue weighted by Gasteiger charge is 2.19. The summed E-state index contributed by atoms with van der Waals surface area (Å²) in [6.07, 6.45) is 3.65.